The number of carbonyl (C=O) groups is 5. The van der Waals surface area contributed by atoms with Gasteiger partial charge in [0.2, 0.25) is 11.8 Å². The van der Waals surface area contributed by atoms with Crippen molar-refractivity contribution < 1.29 is 24.0 Å². The van der Waals surface area contributed by atoms with E-state index in [2.05, 4.69) is 20.9 Å². The Bertz CT molecular complexity index is 1470. The van der Waals surface area contributed by atoms with Crippen LogP contribution in [-0.4, -0.2) is 45.6 Å². The van der Waals surface area contributed by atoms with Crippen molar-refractivity contribution in [3.05, 3.63) is 83.7 Å². The van der Waals surface area contributed by atoms with Crippen LogP contribution in [0, 0.1) is 0 Å². The van der Waals surface area contributed by atoms with Crippen molar-refractivity contribution in [1.29, 1.82) is 0 Å². The third-order valence-electron chi connectivity index (χ3n) is 6.74. The van der Waals surface area contributed by atoms with E-state index in [1.165, 1.54) is 18.2 Å². The third kappa shape index (κ3) is 4.63. The number of hydrogen-bond acceptors (Lipinski definition) is 6. The molecule has 1 aromatic heterocycles. The first-order chi connectivity index (χ1) is 18.1. The molecule has 2 aromatic carbocycles. The molecule has 3 aromatic rings. The number of hydrogen-bond donors (Lipinski definition) is 3. The van der Waals surface area contributed by atoms with Gasteiger partial charge in [0, 0.05) is 24.5 Å². The lowest BCUT2D eigenvalue weighted by molar-refractivity contribution is -0.136. The second-order valence-corrected chi connectivity index (χ2v) is 9.72. The van der Waals surface area contributed by atoms with Crippen LogP contribution in [0.4, 0.5) is 10.5 Å². The van der Waals surface area contributed by atoms with Gasteiger partial charge in [-0.15, -0.1) is 0 Å². The molecule has 0 aliphatic carbocycles. The van der Waals surface area contributed by atoms with Gasteiger partial charge in [-0.3, -0.25) is 34.4 Å². The highest BCUT2D eigenvalue weighted by Crippen LogP contribution is 2.30. The number of fused-ring (bicyclic) bond motifs is 1. The highest BCUT2D eigenvalue weighted by atomic mass is 16.2. The number of urea groups is 1. The molecule has 10 nitrogen and oxygen atoms in total. The second kappa shape index (κ2) is 9.55. The van der Waals surface area contributed by atoms with Gasteiger partial charge in [0.25, 0.3) is 11.8 Å². The number of nitrogens with zero attached hydrogens (tertiary/aromatic N) is 2. The number of imide groups is 2. The quantitative estimate of drug-likeness (QED) is 0.450. The number of aromatic nitrogens is 1. The lowest BCUT2D eigenvalue weighted by atomic mass is 9.92. The van der Waals surface area contributed by atoms with E-state index in [-0.39, 0.29) is 24.0 Å². The number of amides is 6. The Morgan fingerprint density at radius 1 is 0.921 bits per heavy atom. The summed E-state index contributed by atoms with van der Waals surface area (Å²) < 4.78 is 0. The van der Waals surface area contributed by atoms with Crippen molar-refractivity contribution in [2.24, 2.45) is 0 Å². The fourth-order valence-corrected chi connectivity index (χ4v) is 4.69. The van der Waals surface area contributed by atoms with E-state index in [0.29, 0.717) is 5.69 Å². The molecule has 192 valence electrons. The molecule has 38 heavy (non-hydrogen) atoms. The molecular formula is C28H25N5O5. The highest BCUT2D eigenvalue weighted by Gasteiger charge is 2.44. The minimum Gasteiger partial charge on any atom is -0.329 e. The smallest absolute Gasteiger partial charge is 0.319 e. The van der Waals surface area contributed by atoms with Crippen LogP contribution < -0.4 is 16.0 Å². The first kappa shape index (κ1) is 24.8. The molecule has 2 aliphatic heterocycles. The molecule has 1 saturated heterocycles. The average molecular weight is 512 g/mol. The predicted molar refractivity (Wildman–Crippen MR) is 138 cm³/mol. The molecule has 0 spiro atoms. The normalized spacial score (nSPS) is 17.2. The zero-order valence-electron chi connectivity index (χ0n) is 20.8. The van der Waals surface area contributed by atoms with Crippen molar-refractivity contribution in [2.75, 3.05) is 5.32 Å². The summed E-state index contributed by atoms with van der Waals surface area (Å²) in [5.74, 6) is -2.36. The monoisotopic (exact) mass is 511 g/mol. The number of nitrogens with one attached hydrogen (secondary N) is 3. The molecular weight excluding hydrogens is 486 g/mol. The van der Waals surface area contributed by atoms with E-state index in [9.17, 15) is 24.0 Å². The summed E-state index contributed by atoms with van der Waals surface area (Å²) in [6.45, 7) is 3.74. The fourth-order valence-electron chi connectivity index (χ4n) is 4.69. The first-order valence-corrected chi connectivity index (χ1v) is 12.1. The summed E-state index contributed by atoms with van der Waals surface area (Å²) in [6.07, 6.45) is 3.57. The van der Waals surface area contributed by atoms with Gasteiger partial charge in [0.15, 0.2) is 0 Å². The summed E-state index contributed by atoms with van der Waals surface area (Å²) in [5.41, 5.74) is 2.78. The van der Waals surface area contributed by atoms with Gasteiger partial charge in [0.1, 0.15) is 6.04 Å². The molecule has 2 aliphatic rings. The Labute approximate surface area is 218 Å². The zero-order chi connectivity index (χ0) is 27.0. The largest absolute Gasteiger partial charge is 0.329 e. The summed E-state index contributed by atoms with van der Waals surface area (Å²) in [4.78, 5) is 67.3. The SMILES string of the molecule is CC(C)(NC(=O)Nc1ccc2c(c1)C(=O)N(C1CCC(=O)NC1=O)C2=O)c1ccc(-c2ccncc2)cc1. The van der Waals surface area contributed by atoms with Crippen LogP contribution >= 0.6 is 0 Å². The molecule has 10 heteroatoms. The lowest BCUT2D eigenvalue weighted by Gasteiger charge is -2.27. The molecule has 0 radical (unpaired) electrons. The van der Waals surface area contributed by atoms with E-state index < -0.39 is 41.2 Å². The lowest BCUT2D eigenvalue weighted by Crippen LogP contribution is -2.54. The number of carbonyl (C=O) groups excluding carboxylic acids is 5. The van der Waals surface area contributed by atoms with Gasteiger partial charge in [-0.25, -0.2) is 4.79 Å². The van der Waals surface area contributed by atoms with Crippen molar-refractivity contribution in [1.82, 2.24) is 20.5 Å². The maximum Gasteiger partial charge on any atom is 0.319 e. The summed E-state index contributed by atoms with van der Waals surface area (Å²) >= 11 is 0. The minimum absolute atomic E-state index is 0.0407. The molecule has 0 saturated carbocycles. The van der Waals surface area contributed by atoms with Crippen molar-refractivity contribution in [3.63, 3.8) is 0 Å². The van der Waals surface area contributed by atoms with Crippen LogP contribution in [0.25, 0.3) is 11.1 Å². The molecule has 0 bridgehead atoms. The summed E-state index contributed by atoms with van der Waals surface area (Å²) in [6, 6.07) is 14.5. The molecule has 3 N–H and O–H groups in total. The topological polar surface area (TPSA) is 138 Å². The van der Waals surface area contributed by atoms with Crippen LogP contribution in [0.5, 0.6) is 0 Å². The van der Waals surface area contributed by atoms with Crippen molar-refractivity contribution >= 4 is 35.3 Å². The average Bonchev–Trinajstić information content (AvgIpc) is 3.13. The minimum atomic E-state index is -1.05. The van der Waals surface area contributed by atoms with E-state index >= 15 is 0 Å². The van der Waals surface area contributed by atoms with E-state index in [4.69, 9.17) is 0 Å². The molecule has 1 fully saturated rings. The first-order valence-electron chi connectivity index (χ1n) is 12.1. The second-order valence-electron chi connectivity index (χ2n) is 9.72. The Balaban J connectivity index is 1.27. The van der Waals surface area contributed by atoms with E-state index in [0.717, 1.165) is 21.6 Å². The van der Waals surface area contributed by atoms with Gasteiger partial charge < -0.3 is 10.6 Å². The van der Waals surface area contributed by atoms with Gasteiger partial charge in [-0.2, -0.15) is 0 Å². The van der Waals surface area contributed by atoms with Gasteiger partial charge in [-0.05, 0) is 67.3 Å². The summed E-state index contributed by atoms with van der Waals surface area (Å²) in [7, 11) is 0. The number of piperidine rings is 1. The van der Waals surface area contributed by atoms with Crippen LogP contribution in [0.2, 0.25) is 0 Å². The van der Waals surface area contributed by atoms with Crippen molar-refractivity contribution in [3.8, 4) is 11.1 Å². The summed E-state index contributed by atoms with van der Waals surface area (Å²) in [5, 5.41) is 7.81. The number of anilines is 1. The van der Waals surface area contributed by atoms with Gasteiger partial charge in [0.05, 0.1) is 16.7 Å². The zero-order valence-corrected chi connectivity index (χ0v) is 20.8. The van der Waals surface area contributed by atoms with Gasteiger partial charge >= 0.3 is 6.03 Å². The van der Waals surface area contributed by atoms with Crippen LogP contribution in [0.1, 0.15) is 53.0 Å². The Hall–Kier alpha value is -4.86. The highest BCUT2D eigenvalue weighted by molar-refractivity contribution is 6.23. The molecule has 1 unspecified atom stereocenters. The molecule has 3 heterocycles. The van der Waals surface area contributed by atoms with Gasteiger partial charge in [-0.1, -0.05) is 24.3 Å². The Morgan fingerprint density at radius 2 is 1.58 bits per heavy atom. The van der Waals surface area contributed by atoms with E-state index in [1.54, 1.807) is 12.4 Å². The molecule has 6 amide bonds. The Kier molecular flexibility index (Phi) is 6.23. The Morgan fingerprint density at radius 3 is 2.26 bits per heavy atom. The molecule has 5 rings (SSSR count). The maximum absolute atomic E-state index is 13.0. The van der Waals surface area contributed by atoms with E-state index in [1.807, 2.05) is 50.2 Å². The number of pyridine rings is 1. The van der Waals surface area contributed by atoms with Crippen LogP contribution in [0.3, 0.4) is 0 Å². The maximum atomic E-state index is 13.0. The van der Waals surface area contributed by atoms with Crippen LogP contribution in [0.15, 0.2) is 67.0 Å². The number of benzene rings is 2. The van der Waals surface area contributed by atoms with Crippen LogP contribution in [-0.2, 0) is 15.1 Å². The van der Waals surface area contributed by atoms with Crippen molar-refractivity contribution in [2.45, 2.75) is 38.3 Å². The predicted octanol–water partition coefficient (Wildman–Crippen LogP) is 3.21. The standard InChI is InChI=1S/C28H25N5O5/c1-28(2,18-5-3-16(4-6-18)17-11-13-29-14-12-17)32-27(38)30-19-7-8-20-21(15-19)26(37)33(25(20)36)22-9-10-23(34)31-24(22)35/h3-8,11-15,22H,9-10H2,1-2H3,(H2,30,32,38)(H,31,34,35). The fraction of sp³-hybridized carbons (Fsp3) is 0.214. The number of rotatable bonds is 5. The third-order valence-corrected chi connectivity index (χ3v) is 6.74. The molecule has 1 atom stereocenters.